The number of sulfonamides is 1. The van der Waals surface area contributed by atoms with Crippen LogP contribution in [0, 0.1) is 0 Å². The van der Waals surface area contributed by atoms with Gasteiger partial charge in [0, 0.05) is 12.6 Å². The zero-order valence-electron chi connectivity index (χ0n) is 14.8. The molecule has 26 heavy (non-hydrogen) atoms. The average Bonchev–Trinajstić information content (AvgIpc) is 2.67. The molecule has 0 radical (unpaired) electrons. The lowest BCUT2D eigenvalue weighted by Crippen LogP contribution is -2.41. The summed E-state index contributed by atoms with van der Waals surface area (Å²) in [6.07, 6.45) is 2.76. The first kappa shape index (κ1) is 18.6. The number of piperidine rings is 1. The quantitative estimate of drug-likeness (QED) is 0.751. The maximum absolute atomic E-state index is 12.9. The molecule has 1 aliphatic heterocycles. The first-order chi connectivity index (χ1) is 12.5. The van der Waals surface area contributed by atoms with Gasteiger partial charge in [0.15, 0.2) is 0 Å². The van der Waals surface area contributed by atoms with Crippen molar-refractivity contribution in [2.45, 2.75) is 43.7 Å². The van der Waals surface area contributed by atoms with Gasteiger partial charge < -0.3 is 4.74 Å². The van der Waals surface area contributed by atoms with Crippen LogP contribution in [0.15, 0.2) is 59.5 Å². The fourth-order valence-electron chi connectivity index (χ4n) is 3.15. The van der Waals surface area contributed by atoms with E-state index in [1.165, 1.54) is 16.4 Å². The number of nitrogens with zero attached hydrogens (tertiary/aromatic N) is 1. The molecule has 0 unspecified atom stereocenters. The second-order valence-corrected chi connectivity index (χ2v) is 8.44. The summed E-state index contributed by atoms with van der Waals surface area (Å²) in [5, 5.41) is 0. The smallest absolute Gasteiger partial charge is 0.338 e. The number of hydrogen-bond donors (Lipinski definition) is 0. The largest absolute Gasteiger partial charge is 0.457 e. The Hall–Kier alpha value is -2.18. The number of hydrogen-bond acceptors (Lipinski definition) is 4. The second-order valence-electron chi connectivity index (χ2n) is 6.55. The van der Waals surface area contributed by atoms with E-state index < -0.39 is 16.0 Å². The number of benzene rings is 2. The van der Waals surface area contributed by atoms with Crippen molar-refractivity contribution in [2.24, 2.45) is 0 Å². The second kappa shape index (κ2) is 8.01. The van der Waals surface area contributed by atoms with Gasteiger partial charge >= 0.3 is 5.97 Å². The minimum absolute atomic E-state index is 0.0255. The molecule has 0 bridgehead atoms. The van der Waals surface area contributed by atoms with Gasteiger partial charge in [-0.15, -0.1) is 0 Å². The Labute approximate surface area is 154 Å². The third kappa shape index (κ3) is 4.14. The lowest BCUT2D eigenvalue weighted by atomic mass is 10.1. The summed E-state index contributed by atoms with van der Waals surface area (Å²) in [4.78, 5) is 12.4. The van der Waals surface area contributed by atoms with Crippen LogP contribution >= 0.6 is 0 Å². The summed E-state index contributed by atoms with van der Waals surface area (Å²) in [5.74, 6) is -0.530. The van der Waals surface area contributed by atoms with Gasteiger partial charge in [0.2, 0.25) is 10.0 Å². The van der Waals surface area contributed by atoms with Crippen molar-refractivity contribution in [2.75, 3.05) is 6.54 Å². The fourth-order valence-corrected chi connectivity index (χ4v) is 4.90. The highest BCUT2D eigenvalue weighted by molar-refractivity contribution is 7.89. The van der Waals surface area contributed by atoms with Crippen molar-refractivity contribution in [3.8, 4) is 0 Å². The van der Waals surface area contributed by atoms with E-state index in [0.29, 0.717) is 6.54 Å². The van der Waals surface area contributed by atoms with Crippen molar-refractivity contribution < 1.29 is 17.9 Å². The number of carbonyl (C=O) groups excluding carboxylic acids is 1. The molecule has 1 heterocycles. The number of ether oxygens (including phenoxy) is 1. The predicted molar refractivity (Wildman–Crippen MR) is 99.2 cm³/mol. The van der Waals surface area contributed by atoms with E-state index in [1.54, 1.807) is 12.1 Å². The molecule has 0 aliphatic carbocycles. The van der Waals surface area contributed by atoms with E-state index in [-0.39, 0.29) is 23.1 Å². The minimum atomic E-state index is -3.61. The summed E-state index contributed by atoms with van der Waals surface area (Å²) < 4.78 is 32.7. The Morgan fingerprint density at radius 1 is 1.12 bits per heavy atom. The Morgan fingerprint density at radius 2 is 1.88 bits per heavy atom. The lowest BCUT2D eigenvalue weighted by Gasteiger charge is -2.32. The van der Waals surface area contributed by atoms with E-state index in [9.17, 15) is 13.2 Å². The van der Waals surface area contributed by atoms with Gasteiger partial charge in [0.25, 0.3) is 0 Å². The van der Waals surface area contributed by atoms with E-state index >= 15 is 0 Å². The van der Waals surface area contributed by atoms with E-state index in [2.05, 4.69) is 0 Å². The predicted octanol–water partition coefficient (Wildman–Crippen LogP) is 3.61. The SMILES string of the molecule is C[C@H]1CCCCN1S(=O)(=O)c1cccc(C(=O)OCc2ccccc2)c1. The molecule has 138 valence electrons. The van der Waals surface area contributed by atoms with E-state index in [1.807, 2.05) is 37.3 Å². The molecule has 0 amide bonds. The minimum Gasteiger partial charge on any atom is -0.457 e. The van der Waals surface area contributed by atoms with Crippen LogP contribution < -0.4 is 0 Å². The van der Waals surface area contributed by atoms with Gasteiger partial charge in [-0.3, -0.25) is 0 Å². The van der Waals surface area contributed by atoms with Gasteiger partial charge in [0.05, 0.1) is 10.5 Å². The van der Waals surface area contributed by atoms with Crippen LogP contribution in [-0.2, 0) is 21.4 Å². The van der Waals surface area contributed by atoms with Gasteiger partial charge in [-0.1, -0.05) is 42.8 Å². The van der Waals surface area contributed by atoms with Crippen LogP contribution in [0.25, 0.3) is 0 Å². The van der Waals surface area contributed by atoms with Crippen LogP contribution in [0.5, 0.6) is 0 Å². The molecule has 5 nitrogen and oxygen atoms in total. The third-order valence-corrected chi connectivity index (χ3v) is 6.64. The molecule has 1 fully saturated rings. The van der Waals surface area contributed by atoms with Crippen molar-refractivity contribution in [1.82, 2.24) is 4.31 Å². The lowest BCUT2D eigenvalue weighted by molar-refractivity contribution is 0.0472. The summed E-state index contributed by atoms with van der Waals surface area (Å²) in [5.41, 5.74) is 1.12. The third-order valence-electron chi connectivity index (χ3n) is 4.63. The van der Waals surface area contributed by atoms with E-state index in [4.69, 9.17) is 4.74 Å². The number of esters is 1. The molecular formula is C20H23NO4S. The molecule has 0 aromatic heterocycles. The summed E-state index contributed by atoms with van der Waals surface area (Å²) in [7, 11) is -3.61. The highest BCUT2D eigenvalue weighted by Gasteiger charge is 2.31. The van der Waals surface area contributed by atoms with Crippen LogP contribution in [0.3, 0.4) is 0 Å². The molecule has 0 saturated carbocycles. The molecule has 3 rings (SSSR count). The van der Waals surface area contributed by atoms with Gasteiger partial charge in [-0.05, 0) is 43.5 Å². The van der Waals surface area contributed by atoms with Crippen molar-refractivity contribution in [1.29, 1.82) is 0 Å². The Balaban J connectivity index is 1.76. The molecule has 0 N–H and O–H groups in total. The van der Waals surface area contributed by atoms with Gasteiger partial charge in [0.1, 0.15) is 6.61 Å². The van der Waals surface area contributed by atoms with Crippen LogP contribution in [0.2, 0.25) is 0 Å². The zero-order chi connectivity index (χ0) is 18.6. The van der Waals surface area contributed by atoms with Crippen molar-refractivity contribution >= 4 is 16.0 Å². The maximum Gasteiger partial charge on any atom is 0.338 e. The Bertz CT molecular complexity index is 864. The Morgan fingerprint density at radius 3 is 2.62 bits per heavy atom. The number of rotatable bonds is 5. The summed E-state index contributed by atoms with van der Waals surface area (Å²) >= 11 is 0. The number of carbonyl (C=O) groups is 1. The zero-order valence-corrected chi connectivity index (χ0v) is 15.6. The normalized spacial score (nSPS) is 18.4. The topological polar surface area (TPSA) is 63.7 Å². The average molecular weight is 373 g/mol. The summed E-state index contributed by atoms with van der Waals surface area (Å²) in [6, 6.07) is 15.4. The van der Waals surface area contributed by atoms with E-state index in [0.717, 1.165) is 24.8 Å². The molecule has 1 aliphatic rings. The molecule has 6 heteroatoms. The Kier molecular flexibility index (Phi) is 5.74. The van der Waals surface area contributed by atoms with Crippen LogP contribution in [0.4, 0.5) is 0 Å². The summed E-state index contributed by atoms with van der Waals surface area (Å²) in [6.45, 7) is 2.60. The van der Waals surface area contributed by atoms with Gasteiger partial charge in [-0.2, -0.15) is 4.31 Å². The first-order valence-electron chi connectivity index (χ1n) is 8.81. The van der Waals surface area contributed by atoms with Crippen LogP contribution in [0.1, 0.15) is 42.1 Å². The van der Waals surface area contributed by atoms with Gasteiger partial charge in [-0.25, -0.2) is 13.2 Å². The van der Waals surface area contributed by atoms with Crippen molar-refractivity contribution in [3.05, 3.63) is 65.7 Å². The van der Waals surface area contributed by atoms with Crippen molar-refractivity contribution in [3.63, 3.8) is 0 Å². The maximum atomic E-state index is 12.9. The standard InChI is InChI=1S/C20H23NO4S/c1-16-8-5-6-13-21(16)26(23,24)19-12-7-11-18(14-19)20(22)25-15-17-9-3-2-4-10-17/h2-4,7,9-12,14,16H,5-6,8,13,15H2,1H3/t16-/m0/s1. The fraction of sp³-hybridized carbons (Fsp3) is 0.350. The monoisotopic (exact) mass is 373 g/mol. The molecule has 2 aromatic rings. The highest BCUT2D eigenvalue weighted by atomic mass is 32.2. The highest BCUT2D eigenvalue weighted by Crippen LogP contribution is 2.25. The molecule has 1 saturated heterocycles. The first-order valence-corrected chi connectivity index (χ1v) is 10.3. The molecule has 1 atom stereocenters. The molecule has 0 spiro atoms. The van der Waals surface area contributed by atoms with Crippen LogP contribution in [-0.4, -0.2) is 31.3 Å². The molecule has 2 aromatic carbocycles. The molecular weight excluding hydrogens is 350 g/mol.